The molecule has 0 aliphatic carbocycles. The molecule has 1 unspecified atom stereocenters. The van der Waals surface area contributed by atoms with Crippen LogP contribution < -0.4 is 9.64 Å². The fraction of sp³-hybridized carbons (Fsp3) is 0.100. The van der Waals surface area contributed by atoms with Crippen molar-refractivity contribution >= 4 is 28.1 Å². The van der Waals surface area contributed by atoms with Gasteiger partial charge in [0.2, 0.25) is 5.78 Å². The first-order valence-electron chi connectivity index (χ1n) is 11.6. The lowest BCUT2D eigenvalue weighted by Crippen LogP contribution is -2.55. The maximum absolute atomic E-state index is 14.0. The molecule has 7 rings (SSSR count). The monoisotopic (exact) mass is 442 g/mol. The smallest absolute Gasteiger partial charge is 0.251 e. The summed E-state index contributed by atoms with van der Waals surface area (Å²) < 4.78 is 9.19. The second-order valence-electron chi connectivity index (χ2n) is 8.87. The Morgan fingerprint density at radius 3 is 2.15 bits per heavy atom. The van der Waals surface area contributed by atoms with Gasteiger partial charge in [-0.25, -0.2) is 0 Å². The van der Waals surface area contributed by atoms with Gasteiger partial charge in [0, 0.05) is 28.7 Å². The molecule has 5 aromatic rings. The van der Waals surface area contributed by atoms with E-state index >= 15 is 0 Å². The number of carbonyl (C=O) groups is 1. The van der Waals surface area contributed by atoms with E-state index in [1.165, 1.54) is 0 Å². The molecule has 0 amide bonds. The third-order valence-electron chi connectivity index (χ3n) is 7.03. The molecule has 0 radical (unpaired) electrons. The molecule has 1 atom stereocenters. The molecular weight excluding hydrogens is 420 g/mol. The summed E-state index contributed by atoms with van der Waals surface area (Å²) in [6.07, 6.45) is 1.29. The van der Waals surface area contributed by atoms with Gasteiger partial charge in [-0.1, -0.05) is 60.7 Å². The zero-order valence-corrected chi connectivity index (χ0v) is 18.5. The Balaban J connectivity index is 1.46. The standard InChI is InChI=1S/C30H22N2O2/c33-29-24-16-8-10-18-26(24)32(22-13-5-2-6-14-22)30(29)20-19-27-28(34-30)23-15-7-9-17-25(23)31(27)21-11-3-1-4-12-21/h1-18H,19-20H2. The molecule has 4 nitrogen and oxygen atoms in total. The van der Waals surface area contributed by atoms with Crippen molar-refractivity contribution in [3.63, 3.8) is 0 Å². The minimum absolute atomic E-state index is 0.0224. The topological polar surface area (TPSA) is 34.5 Å². The lowest BCUT2D eigenvalue weighted by Gasteiger charge is -2.41. The number of Topliss-reactive ketones (excluding diaryl/α,β-unsaturated/α-hetero) is 1. The van der Waals surface area contributed by atoms with Crippen LogP contribution in [0.1, 0.15) is 22.5 Å². The Hall–Kier alpha value is -4.31. The van der Waals surface area contributed by atoms with Crippen LogP contribution >= 0.6 is 0 Å². The van der Waals surface area contributed by atoms with Gasteiger partial charge in [-0.15, -0.1) is 0 Å². The van der Waals surface area contributed by atoms with Gasteiger partial charge in [0.05, 0.1) is 16.9 Å². The van der Waals surface area contributed by atoms with Gasteiger partial charge in [0.1, 0.15) is 0 Å². The second-order valence-corrected chi connectivity index (χ2v) is 8.87. The van der Waals surface area contributed by atoms with Crippen LogP contribution in [0.4, 0.5) is 11.4 Å². The number of hydrogen-bond acceptors (Lipinski definition) is 3. The molecule has 164 valence electrons. The molecule has 4 heteroatoms. The number of ketones is 1. The fourth-order valence-corrected chi connectivity index (χ4v) is 5.59. The zero-order valence-electron chi connectivity index (χ0n) is 18.5. The van der Waals surface area contributed by atoms with Crippen molar-refractivity contribution in [3.05, 3.63) is 120 Å². The van der Waals surface area contributed by atoms with E-state index in [2.05, 4.69) is 51.9 Å². The van der Waals surface area contributed by atoms with Crippen LogP contribution in [0.15, 0.2) is 109 Å². The predicted molar refractivity (Wildman–Crippen MR) is 134 cm³/mol. The average molecular weight is 443 g/mol. The predicted octanol–water partition coefficient (Wildman–Crippen LogP) is 6.69. The number of para-hydroxylation sites is 4. The summed E-state index contributed by atoms with van der Waals surface area (Å²) in [6, 6.07) is 36.6. The van der Waals surface area contributed by atoms with Gasteiger partial charge in [0.25, 0.3) is 5.72 Å². The highest BCUT2D eigenvalue weighted by molar-refractivity contribution is 6.15. The van der Waals surface area contributed by atoms with Crippen molar-refractivity contribution in [2.24, 2.45) is 0 Å². The van der Waals surface area contributed by atoms with Crippen molar-refractivity contribution in [1.29, 1.82) is 0 Å². The van der Waals surface area contributed by atoms with E-state index in [1.807, 2.05) is 66.7 Å². The molecule has 0 saturated heterocycles. The highest BCUT2D eigenvalue weighted by Gasteiger charge is 2.56. The van der Waals surface area contributed by atoms with Gasteiger partial charge in [-0.3, -0.25) is 9.69 Å². The normalized spacial score (nSPS) is 18.7. The summed E-state index contributed by atoms with van der Waals surface area (Å²) in [4.78, 5) is 16.1. The molecule has 0 bridgehead atoms. The summed E-state index contributed by atoms with van der Waals surface area (Å²) >= 11 is 0. The minimum Gasteiger partial charge on any atom is -0.457 e. The molecule has 1 aromatic heterocycles. The Bertz CT molecular complexity index is 1560. The van der Waals surface area contributed by atoms with Crippen LogP contribution in [0.25, 0.3) is 16.6 Å². The molecule has 0 saturated carbocycles. The van der Waals surface area contributed by atoms with Crippen molar-refractivity contribution in [1.82, 2.24) is 4.57 Å². The third-order valence-corrected chi connectivity index (χ3v) is 7.03. The fourth-order valence-electron chi connectivity index (χ4n) is 5.59. The van der Waals surface area contributed by atoms with Crippen LogP contribution in [0.3, 0.4) is 0 Å². The molecule has 2 aliphatic heterocycles. The maximum Gasteiger partial charge on any atom is 0.251 e. The van der Waals surface area contributed by atoms with E-state index in [4.69, 9.17) is 4.74 Å². The maximum atomic E-state index is 14.0. The first kappa shape index (κ1) is 19.2. The number of anilines is 2. The zero-order chi connectivity index (χ0) is 22.7. The summed E-state index contributed by atoms with van der Waals surface area (Å²) in [6.45, 7) is 0. The molecule has 0 N–H and O–H groups in total. The molecule has 0 fully saturated rings. The summed E-state index contributed by atoms with van der Waals surface area (Å²) in [5.41, 5.74) is 4.75. The number of benzene rings is 4. The first-order valence-corrected chi connectivity index (χ1v) is 11.6. The number of hydrogen-bond donors (Lipinski definition) is 0. The van der Waals surface area contributed by atoms with E-state index < -0.39 is 5.72 Å². The summed E-state index contributed by atoms with van der Waals surface area (Å²) in [7, 11) is 0. The van der Waals surface area contributed by atoms with Crippen LogP contribution in [-0.4, -0.2) is 16.1 Å². The van der Waals surface area contributed by atoms with E-state index in [9.17, 15) is 4.79 Å². The van der Waals surface area contributed by atoms with Gasteiger partial charge in [-0.05, 0) is 55.0 Å². The molecule has 1 spiro atoms. The van der Waals surface area contributed by atoms with Crippen LogP contribution in [0, 0.1) is 0 Å². The number of ether oxygens (including phenoxy) is 1. The Kier molecular flexibility index (Phi) is 4.00. The number of fused-ring (bicyclic) bond motifs is 4. The summed E-state index contributed by atoms with van der Waals surface area (Å²) in [5, 5.41) is 1.03. The average Bonchev–Trinajstić information content (AvgIpc) is 3.35. The van der Waals surface area contributed by atoms with Crippen LogP contribution in [-0.2, 0) is 6.42 Å². The minimum atomic E-state index is -1.11. The number of nitrogens with zero attached hydrogens (tertiary/aromatic N) is 2. The van der Waals surface area contributed by atoms with Crippen LogP contribution in [0.2, 0.25) is 0 Å². The number of rotatable bonds is 2. The number of carbonyl (C=O) groups excluding carboxylic acids is 1. The van der Waals surface area contributed by atoms with Crippen molar-refractivity contribution in [2.75, 3.05) is 4.90 Å². The van der Waals surface area contributed by atoms with Gasteiger partial charge >= 0.3 is 0 Å². The second kappa shape index (κ2) is 7.09. The molecule has 2 aliphatic rings. The highest BCUT2D eigenvalue weighted by Crippen LogP contribution is 2.51. The molecule has 34 heavy (non-hydrogen) atoms. The third kappa shape index (κ3) is 2.51. The van der Waals surface area contributed by atoms with E-state index in [1.54, 1.807) is 0 Å². The first-order chi connectivity index (χ1) is 16.8. The number of aromatic nitrogens is 1. The van der Waals surface area contributed by atoms with Crippen molar-refractivity contribution in [3.8, 4) is 11.4 Å². The van der Waals surface area contributed by atoms with Crippen molar-refractivity contribution in [2.45, 2.75) is 18.6 Å². The SMILES string of the molecule is O=C1c2ccccc2N(c2ccccc2)C12CCc1c(c3ccccc3n1-c1ccccc1)O2. The van der Waals surface area contributed by atoms with Crippen molar-refractivity contribution < 1.29 is 9.53 Å². The summed E-state index contributed by atoms with van der Waals surface area (Å²) in [5.74, 6) is 0.821. The van der Waals surface area contributed by atoms with Crippen LogP contribution in [0.5, 0.6) is 5.75 Å². The Morgan fingerprint density at radius 2 is 1.35 bits per heavy atom. The largest absolute Gasteiger partial charge is 0.457 e. The van der Waals surface area contributed by atoms with E-state index in [0.29, 0.717) is 12.0 Å². The van der Waals surface area contributed by atoms with E-state index in [0.717, 1.165) is 45.8 Å². The molecule has 3 heterocycles. The van der Waals surface area contributed by atoms with Gasteiger partial charge in [0.15, 0.2) is 5.75 Å². The van der Waals surface area contributed by atoms with Gasteiger partial charge in [-0.2, -0.15) is 0 Å². The lowest BCUT2D eigenvalue weighted by atomic mass is 9.95. The Labute approximate surface area is 197 Å². The molecular formula is C30H22N2O2. The lowest BCUT2D eigenvalue weighted by molar-refractivity contribution is 0.0426. The van der Waals surface area contributed by atoms with Gasteiger partial charge < -0.3 is 9.30 Å². The Morgan fingerprint density at radius 1 is 0.706 bits per heavy atom. The highest BCUT2D eigenvalue weighted by atomic mass is 16.5. The van der Waals surface area contributed by atoms with E-state index in [-0.39, 0.29) is 5.78 Å². The molecule has 4 aromatic carbocycles. The quantitative estimate of drug-likeness (QED) is 0.306.